The summed E-state index contributed by atoms with van der Waals surface area (Å²) in [4.78, 5) is 16.5. The second kappa shape index (κ2) is 6.29. The minimum atomic E-state index is -0.112. The van der Waals surface area contributed by atoms with E-state index in [0.29, 0.717) is 12.0 Å². The highest BCUT2D eigenvalue weighted by molar-refractivity contribution is 6.06. The number of para-hydroxylation sites is 1. The van der Waals surface area contributed by atoms with Crippen LogP contribution in [0.5, 0.6) is 0 Å². The molecule has 0 bridgehead atoms. The van der Waals surface area contributed by atoms with Gasteiger partial charge in [0.25, 0.3) is 5.91 Å². The van der Waals surface area contributed by atoms with Crippen molar-refractivity contribution in [2.24, 2.45) is 0 Å². The topological polar surface area (TPSA) is 62.2 Å². The second-order valence-electron chi connectivity index (χ2n) is 4.47. The number of benzene rings is 1. The Kier molecular flexibility index (Phi) is 4.47. The molecule has 1 aromatic heterocycles. The molecule has 0 spiro atoms. The van der Waals surface area contributed by atoms with Crippen molar-refractivity contribution in [3.63, 3.8) is 0 Å². The summed E-state index contributed by atoms with van der Waals surface area (Å²) >= 11 is 0. The van der Waals surface area contributed by atoms with Crippen molar-refractivity contribution in [2.75, 3.05) is 6.61 Å². The quantitative estimate of drug-likeness (QED) is 0.863. The van der Waals surface area contributed by atoms with Crippen molar-refractivity contribution in [2.45, 2.75) is 25.8 Å². The van der Waals surface area contributed by atoms with Crippen LogP contribution in [0.1, 0.15) is 30.1 Å². The SMILES string of the molecule is CCC(CCO)NC(=O)c1ccnc2ccccc12. The number of carbonyl (C=O) groups is 1. The van der Waals surface area contributed by atoms with Gasteiger partial charge in [0, 0.05) is 24.2 Å². The second-order valence-corrected chi connectivity index (χ2v) is 4.47. The van der Waals surface area contributed by atoms with Gasteiger partial charge in [-0.2, -0.15) is 0 Å². The Morgan fingerprint density at radius 3 is 2.89 bits per heavy atom. The van der Waals surface area contributed by atoms with Crippen molar-refractivity contribution < 1.29 is 9.90 Å². The average Bonchev–Trinajstić information content (AvgIpc) is 2.46. The molecule has 2 aromatic rings. The molecule has 0 aliphatic rings. The van der Waals surface area contributed by atoms with E-state index in [2.05, 4.69) is 10.3 Å². The van der Waals surface area contributed by atoms with Crippen LogP contribution in [-0.2, 0) is 0 Å². The van der Waals surface area contributed by atoms with E-state index in [1.807, 2.05) is 31.2 Å². The molecule has 0 fully saturated rings. The Bertz CT molecular complexity index is 564. The van der Waals surface area contributed by atoms with Gasteiger partial charge in [0.2, 0.25) is 0 Å². The number of hydrogen-bond acceptors (Lipinski definition) is 3. The summed E-state index contributed by atoms with van der Waals surface area (Å²) in [5, 5.41) is 12.8. The Labute approximate surface area is 112 Å². The maximum Gasteiger partial charge on any atom is 0.252 e. The van der Waals surface area contributed by atoms with Gasteiger partial charge in [0.15, 0.2) is 0 Å². The van der Waals surface area contributed by atoms with Gasteiger partial charge >= 0.3 is 0 Å². The van der Waals surface area contributed by atoms with Crippen molar-refractivity contribution in [1.29, 1.82) is 0 Å². The van der Waals surface area contributed by atoms with Crippen LogP contribution in [0.2, 0.25) is 0 Å². The Hall–Kier alpha value is -1.94. The predicted octanol–water partition coefficient (Wildman–Crippen LogP) is 2.13. The highest BCUT2D eigenvalue weighted by atomic mass is 16.3. The van der Waals surface area contributed by atoms with Gasteiger partial charge in [-0.15, -0.1) is 0 Å². The third-order valence-electron chi connectivity index (χ3n) is 3.20. The predicted molar refractivity (Wildman–Crippen MR) is 75.0 cm³/mol. The van der Waals surface area contributed by atoms with E-state index in [-0.39, 0.29) is 18.6 Å². The van der Waals surface area contributed by atoms with Crippen LogP contribution in [-0.4, -0.2) is 28.6 Å². The van der Waals surface area contributed by atoms with Gasteiger partial charge in [-0.25, -0.2) is 0 Å². The lowest BCUT2D eigenvalue weighted by Crippen LogP contribution is -2.35. The number of nitrogens with zero attached hydrogens (tertiary/aromatic N) is 1. The van der Waals surface area contributed by atoms with Crippen LogP contribution in [0.25, 0.3) is 10.9 Å². The maximum absolute atomic E-state index is 12.3. The van der Waals surface area contributed by atoms with E-state index >= 15 is 0 Å². The number of fused-ring (bicyclic) bond motifs is 1. The van der Waals surface area contributed by atoms with E-state index in [1.165, 1.54) is 0 Å². The fourth-order valence-electron chi connectivity index (χ4n) is 2.09. The van der Waals surface area contributed by atoms with E-state index in [9.17, 15) is 4.79 Å². The number of nitrogens with one attached hydrogen (secondary N) is 1. The minimum Gasteiger partial charge on any atom is -0.396 e. The van der Waals surface area contributed by atoms with Gasteiger partial charge < -0.3 is 10.4 Å². The zero-order valence-corrected chi connectivity index (χ0v) is 11.0. The summed E-state index contributed by atoms with van der Waals surface area (Å²) in [6.45, 7) is 2.07. The van der Waals surface area contributed by atoms with E-state index in [0.717, 1.165) is 17.3 Å². The average molecular weight is 258 g/mol. The molecule has 100 valence electrons. The number of carbonyl (C=O) groups excluding carboxylic acids is 1. The van der Waals surface area contributed by atoms with Crippen LogP contribution in [0, 0.1) is 0 Å². The molecular weight excluding hydrogens is 240 g/mol. The van der Waals surface area contributed by atoms with E-state index < -0.39 is 0 Å². The maximum atomic E-state index is 12.3. The fourth-order valence-corrected chi connectivity index (χ4v) is 2.09. The first kappa shape index (κ1) is 13.5. The molecule has 4 heteroatoms. The molecule has 1 atom stereocenters. The summed E-state index contributed by atoms with van der Waals surface area (Å²) in [5.74, 6) is -0.112. The molecule has 0 radical (unpaired) electrons. The molecule has 0 saturated heterocycles. The van der Waals surface area contributed by atoms with Crippen molar-refractivity contribution in [3.8, 4) is 0 Å². The lowest BCUT2D eigenvalue weighted by molar-refractivity contribution is 0.0930. The van der Waals surface area contributed by atoms with Gasteiger partial charge in [-0.05, 0) is 25.0 Å². The molecule has 2 rings (SSSR count). The van der Waals surface area contributed by atoms with Crippen LogP contribution in [0.15, 0.2) is 36.5 Å². The van der Waals surface area contributed by atoms with Gasteiger partial charge in [-0.3, -0.25) is 9.78 Å². The summed E-state index contributed by atoms with van der Waals surface area (Å²) in [6.07, 6.45) is 3.02. The van der Waals surface area contributed by atoms with E-state index in [1.54, 1.807) is 12.3 Å². The molecular formula is C15H18N2O2. The van der Waals surface area contributed by atoms with Crippen molar-refractivity contribution in [1.82, 2.24) is 10.3 Å². The summed E-state index contributed by atoms with van der Waals surface area (Å²) in [5.41, 5.74) is 1.44. The number of pyridine rings is 1. The highest BCUT2D eigenvalue weighted by Gasteiger charge is 2.14. The van der Waals surface area contributed by atoms with Gasteiger partial charge in [-0.1, -0.05) is 25.1 Å². The number of aromatic nitrogens is 1. The summed E-state index contributed by atoms with van der Waals surface area (Å²) in [7, 11) is 0. The highest BCUT2D eigenvalue weighted by Crippen LogP contribution is 2.16. The van der Waals surface area contributed by atoms with Crippen LogP contribution >= 0.6 is 0 Å². The van der Waals surface area contributed by atoms with Crippen LogP contribution < -0.4 is 5.32 Å². The Morgan fingerprint density at radius 2 is 2.16 bits per heavy atom. The molecule has 1 aromatic carbocycles. The molecule has 1 heterocycles. The van der Waals surface area contributed by atoms with Crippen LogP contribution in [0.3, 0.4) is 0 Å². The number of amides is 1. The first-order chi connectivity index (χ1) is 9.26. The summed E-state index contributed by atoms with van der Waals surface area (Å²) in [6, 6.07) is 9.30. The molecule has 0 aliphatic heterocycles. The fraction of sp³-hybridized carbons (Fsp3) is 0.333. The molecule has 4 nitrogen and oxygen atoms in total. The first-order valence-electron chi connectivity index (χ1n) is 6.51. The van der Waals surface area contributed by atoms with Crippen molar-refractivity contribution >= 4 is 16.8 Å². The third kappa shape index (κ3) is 3.09. The smallest absolute Gasteiger partial charge is 0.252 e. The molecule has 1 unspecified atom stereocenters. The first-order valence-corrected chi connectivity index (χ1v) is 6.51. The number of rotatable bonds is 5. The minimum absolute atomic E-state index is 0.00410. The Morgan fingerprint density at radius 1 is 1.37 bits per heavy atom. The van der Waals surface area contributed by atoms with Crippen molar-refractivity contribution in [3.05, 3.63) is 42.1 Å². The van der Waals surface area contributed by atoms with Crippen LogP contribution in [0.4, 0.5) is 0 Å². The monoisotopic (exact) mass is 258 g/mol. The zero-order valence-electron chi connectivity index (χ0n) is 11.0. The number of hydrogen-bond donors (Lipinski definition) is 2. The standard InChI is InChI=1S/C15H18N2O2/c1-2-11(8-10-18)17-15(19)13-7-9-16-14-6-4-3-5-12(13)14/h3-7,9,11,18H,2,8,10H2,1H3,(H,17,19). The van der Waals surface area contributed by atoms with Gasteiger partial charge in [0.05, 0.1) is 11.1 Å². The Balaban J connectivity index is 2.26. The van der Waals surface area contributed by atoms with E-state index in [4.69, 9.17) is 5.11 Å². The lowest BCUT2D eigenvalue weighted by atomic mass is 10.1. The largest absolute Gasteiger partial charge is 0.396 e. The third-order valence-corrected chi connectivity index (χ3v) is 3.20. The molecule has 0 aliphatic carbocycles. The molecule has 2 N–H and O–H groups in total. The number of aliphatic hydroxyl groups is 1. The molecule has 19 heavy (non-hydrogen) atoms. The lowest BCUT2D eigenvalue weighted by Gasteiger charge is -2.16. The normalized spacial score (nSPS) is 12.3. The zero-order chi connectivity index (χ0) is 13.7. The molecule has 0 saturated carbocycles. The van der Waals surface area contributed by atoms with Gasteiger partial charge in [0.1, 0.15) is 0 Å². The molecule has 1 amide bonds. The summed E-state index contributed by atoms with van der Waals surface area (Å²) < 4.78 is 0. The number of aliphatic hydroxyl groups excluding tert-OH is 1.